The second kappa shape index (κ2) is 7.66. The minimum Gasteiger partial charge on any atom is -0.377 e. The quantitative estimate of drug-likeness (QED) is 0.503. The summed E-state index contributed by atoms with van der Waals surface area (Å²) in [5, 5.41) is 7.90. The van der Waals surface area contributed by atoms with Crippen LogP contribution in [0.2, 0.25) is 5.15 Å². The van der Waals surface area contributed by atoms with Crippen molar-refractivity contribution in [2.24, 2.45) is 7.05 Å². The van der Waals surface area contributed by atoms with Crippen LogP contribution in [0, 0.1) is 0 Å². The summed E-state index contributed by atoms with van der Waals surface area (Å²) in [5.74, 6) is 0.650. The van der Waals surface area contributed by atoms with Gasteiger partial charge in [-0.05, 0) is 36.4 Å². The first-order chi connectivity index (χ1) is 13.6. The number of nitrogens with zero attached hydrogens (tertiary/aromatic N) is 4. The van der Waals surface area contributed by atoms with Gasteiger partial charge in [-0.3, -0.25) is 4.79 Å². The normalized spacial score (nSPS) is 10.8. The van der Waals surface area contributed by atoms with E-state index < -0.39 is 0 Å². The largest absolute Gasteiger partial charge is 0.377 e. The van der Waals surface area contributed by atoms with Crippen molar-refractivity contribution in [2.75, 3.05) is 10.6 Å². The Labute approximate surface area is 166 Å². The monoisotopic (exact) mass is 392 g/mol. The number of nitrogens with one attached hydrogen (secondary N) is 2. The van der Waals surface area contributed by atoms with Crippen LogP contribution in [0.5, 0.6) is 0 Å². The number of hydrogen-bond donors (Lipinski definition) is 2. The average Bonchev–Trinajstić information content (AvgIpc) is 2.70. The standard InChI is InChI=1S/C20H17ClN6O/c1-27-17-4-3-13(26-14-5-8-22-18(21)10-14)9-15(17)16(11-20(27)28)25-12-19-23-6-2-7-24-19/h2-11,25H,12H2,1H3,(H,22,26). The fraction of sp³-hybridized carbons (Fsp3) is 0.100. The highest BCUT2D eigenvalue weighted by Gasteiger charge is 2.09. The summed E-state index contributed by atoms with van der Waals surface area (Å²) in [6.45, 7) is 0.417. The molecule has 0 radical (unpaired) electrons. The molecule has 3 heterocycles. The Morgan fingerprint density at radius 1 is 1.00 bits per heavy atom. The second-order valence-electron chi connectivity index (χ2n) is 6.20. The molecule has 4 rings (SSSR count). The van der Waals surface area contributed by atoms with Crippen molar-refractivity contribution in [3.8, 4) is 0 Å². The number of benzene rings is 1. The first kappa shape index (κ1) is 17.9. The van der Waals surface area contributed by atoms with Crippen LogP contribution in [0.4, 0.5) is 17.1 Å². The summed E-state index contributed by atoms with van der Waals surface area (Å²) < 4.78 is 1.62. The molecule has 0 saturated heterocycles. The minimum atomic E-state index is -0.0920. The van der Waals surface area contributed by atoms with Gasteiger partial charge in [0.25, 0.3) is 5.56 Å². The molecule has 1 aromatic carbocycles. The van der Waals surface area contributed by atoms with Crippen molar-refractivity contribution < 1.29 is 0 Å². The number of pyridine rings is 2. The van der Waals surface area contributed by atoms with E-state index in [0.29, 0.717) is 17.5 Å². The lowest BCUT2D eigenvalue weighted by Crippen LogP contribution is -2.17. The zero-order valence-corrected chi connectivity index (χ0v) is 15.8. The van der Waals surface area contributed by atoms with Crippen molar-refractivity contribution in [1.29, 1.82) is 0 Å². The van der Waals surface area contributed by atoms with Gasteiger partial charge in [0.2, 0.25) is 0 Å². The van der Waals surface area contributed by atoms with E-state index >= 15 is 0 Å². The van der Waals surface area contributed by atoms with E-state index in [1.807, 2.05) is 24.3 Å². The van der Waals surface area contributed by atoms with Gasteiger partial charge >= 0.3 is 0 Å². The Bertz CT molecular complexity index is 1190. The molecule has 0 fully saturated rings. The van der Waals surface area contributed by atoms with Crippen molar-refractivity contribution in [1.82, 2.24) is 19.5 Å². The van der Waals surface area contributed by atoms with Crippen LogP contribution < -0.4 is 16.2 Å². The van der Waals surface area contributed by atoms with E-state index in [4.69, 9.17) is 11.6 Å². The third-order valence-corrected chi connectivity index (χ3v) is 4.52. The van der Waals surface area contributed by atoms with Crippen LogP contribution in [0.25, 0.3) is 10.9 Å². The maximum absolute atomic E-state index is 12.3. The Balaban J connectivity index is 1.71. The molecule has 0 aliphatic carbocycles. The molecule has 0 unspecified atom stereocenters. The first-order valence-corrected chi connectivity index (χ1v) is 9.00. The molecule has 140 valence electrons. The highest BCUT2D eigenvalue weighted by Crippen LogP contribution is 2.27. The van der Waals surface area contributed by atoms with Gasteiger partial charge in [0.1, 0.15) is 11.0 Å². The molecule has 28 heavy (non-hydrogen) atoms. The molecule has 2 N–H and O–H groups in total. The highest BCUT2D eigenvalue weighted by molar-refractivity contribution is 6.29. The number of aryl methyl sites for hydroxylation is 1. The van der Waals surface area contributed by atoms with Crippen LogP contribution in [-0.4, -0.2) is 19.5 Å². The van der Waals surface area contributed by atoms with E-state index in [-0.39, 0.29) is 5.56 Å². The van der Waals surface area contributed by atoms with E-state index in [2.05, 4.69) is 25.6 Å². The summed E-state index contributed by atoms with van der Waals surface area (Å²) in [4.78, 5) is 24.7. The van der Waals surface area contributed by atoms with Gasteiger partial charge in [0.05, 0.1) is 12.1 Å². The molecule has 0 spiro atoms. The van der Waals surface area contributed by atoms with Gasteiger partial charge in [0.15, 0.2) is 0 Å². The van der Waals surface area contributed by atoms with Gasteiger partial charge in [-0.1, -0.05) is 11.6 Å². The molecule has 0 atom stereocenters. The van der Waals surface area contributed by atoms with Gasteiger partial charge in [-0.15, -0.1) is 0 Å². The van der Waals surface area contributed by atoms with Gasteiger partial charge in [-0.2, -0.15) is 0 Å². The fourth-order valence-corrected chi connectivity index (χ4v) is 3.10. The number of fused-ring (bicyclic) bond motifs is 1. The number of aromatic nitrogens is 4. The number of halogens is 1. The van der Waals surface area contributed by atoms with Crippen molar-refractivity contribution in [3.05, 3.63) is 82.4 Å². The molecule has 8 heteroatoms. The smallest absolute Gasteiger partial charge is 0.252 e. The summed E-state index contributed by atoms with van der Waals surface area (Å²) >= 11 is 5.96. The average molecular weight is 393 g/mol. The molecule has 4 aromatic rings. The molecule has 3 aromatic heterocycles. The molecule has 0 aliphatic heterocycles. The van der Waals surface area contributed by atoms with Crippen molar-refractivity contribution in [2.45, 2.75) is 6.54 Å². The first-order valence-electron chi connectivity index (χ1n) is 8.62. The maximum atomic E-state index is 12.3. The third-order valence-electron chi connectivity index (χ3n) is 4.32. The predicted octanol–water partition coefficient (Wildman–Crippen LogP) is 3.73. The Hall–Kier alpha value is -3.45. The predicted molar refractivity (Wildman–Crippen MR) is 111 cm³/mol. The van der Waals surface area contributed by atoms with Crippen LogP contribution in [0.3, 0.4) is 0 Å². The van der Waals surface area contributed by atoms with E-state index in [1.54, 1.807) is 48.4 Å². The lowest BCUT2D eigenvalue weighted by Gasteiger charge is -2.14. The summed E-state index contributed by atoms with van der Waals surface area (Å²) in [7, 11) is 1.75. The molecular weight excluding hydrogens is 376 g/mol. The Morgan fingerprint density at radius 2 is 1.79 bits per heavy atom. The van der Waals surface area contributed by atoms with Crippen molar-refractivity contribution in [3.63, 3.8) is 0 Å². The Kier molecular flexibility index (Phi) is 4.90. The summed E-state index contributed by atoms with van der Waals surface area (Å²) in [6.07, 6.45) is 5.02. The van der Waals surface area contributed by atoms with Crippen LogP contribution in [-0.2, 0) is 13.6 Å². The zero-order valence-electron chi connectivity index (χ0n) is 15.1. The minimum absolute atomic E-state index is 0.0920. The van der Waals surface area contributed by atoms with E-state index in [1.165, 1.54) is 0 Å². The number of hydrogen-bond acceptors (Lipinski definition) is 6. The molecule has 7 nitrogen and oxygen atoms in total. The van der Waals surface area contributed by atoms with E-state index in [0.717, 1.165) is 28.0 Å². The Morgan fingerprint density at radius 3 is 2.57 bits per heavy atom. The number of anilines is 3. The highest BCUT2D eigenvalue weighted by atomic mass is 35.5. The zero-order chi connectivity index (χ0) is 19.5. The topological polar surface area (TPSA) is 84.7 Å². The maximum Gasteiger partial charge on any atom is 0.252 e. The third kappa shape index (κ3) is 3.79. The summed E-state index contributed by atoms with van der Waals surface area (Å²) in [6, 6.07) is 12.7. The van der Waals surface area contributed by atoms with Gasteiger partial charge in [-0.25, -0.2) is 15.0 Å². The molecule has 0 aliphatic rings. The SMILES string of the molecule is Cn1c(=O)cc(NCc2ncccn2)c2cc(Nc3ccnc(Cl)c3)ccc21. The fourth-order valence-electron chi connectivity index (χ4n) is 2.93. The molecule has 0 amide bonds. The van der Waals surface area contributed by atoms with Crippen LogP contribution >= 0.6 is 11.6 Å². The summed E-state index contributed by atoms with van der Waals surface area (Å²) in [5.41, 5.74) is 3.15. The van der Waals surface area contributed by atoms with Gasteiger partial charge < -0.3 is 15.2 Å². The van der Waals surface area contributed by atoms with Crippen molar-refractivity contribution >= 4 is 39.6 Å². The lowest BCUT2D eigenvalue weighted by atomic mass is 10.1. The van der Waals surface area contributed by atoms with Crippen LogP contribution in [0.15, 0.2) is 65.8 Å². The number of rotatable bonds is 5. The molecule has 0 bridgehead atoms. The second-order valence-corrected chi connectivity index (χ2v) is 6.59. The van der Waals surface area contributed by atoms with E-state index in [9.17, 15) is 4.79 Å². The van der Waals surface area contributed by atoms with Crippen LogP contribution in [0.1, 0.15) is 5.82 Å². The lowest BCUT2D eigenvalue weighted by molar-refractivity contribution is 0.902. The van der Waals surface area contributed by atoms with Gasteiger partial charge in [0, 0.05) is 54.2 Å². The molecular formula is C20H17ClN6O. The molecule has 0 saturated carbocycles.